The minimum Gasteiger partial charge on any atom is -0.355 e. The van der Waals surface area contributed by atoms with Crippen molar-refractivity contribution < 1.29 is 9.59 Å². The third-order valence-electron chi connectivity index (χ3n) is 5.49. The van der Waals surface area contributed by atoms with Gasteiger partial charge in [0.15, 0.2) is 0 Å². The van der Waals surface area contributed by atoms with E-state index < -0.39 is 11.8 Å². The first-order valence-corrected chi connectivity index (χ1v) is 11.7. The van der Waals surface area contributed by atoms with Crippen LogP contribution >= 0.6 is 11.6 Å². The number of amides is 2. The Morgan fingerprint density at radius 1 is 0.889 bits per heavy atom. The summed E-state index contributed by atoms with van der Waals surface area (Å²) in [5.74, 6) is -1.67. The summed E-state index contributed by atoms with van der Waals surface area (Å²) in [5.41, 5.74) is 7.27. The van der Waals surface area contributed by atoms with Gasteiger partial charge in [0.25, 0.3) is 0 Å². The van der Waals surface area contributed by atoms with Gasteiger partial charge in [-0.25, -0.2) is 5.43 Å². The number of carbonyl (C=O) groups is 2. The topological polar surface area (TPSA) is 95.5 Å². The molecule has 36 heavy (non-hydrogen) atoms. The zero-order chi connectivity index (χ0) is 25.7. The lowest BCUT2D eigenvalue weighted by Gasteiger charge is -2.18. The lowest BCUT2D eigenvalue weighted by Crippen LogP contribution is -2.32. The number of hydrogen-bond acceptors (Lipinski definition) is 5. The van der Waals surface area contributed by atoms with E-state index in [0.717, 1.165) is 27.8 Å². The third kappa shape index (κ3) is 6.25. The van der Waals surface area contributed by atoms with Crippen molar-refractivity contribution in [3.8, 4) is 0 Å². The Balaban J connectivity index is 1.32. The van der Waals surface area contributed by atoms with E-state index in [1.54, 1.807) is 36.5 Å². The number of carbonyl (C=O) groups excluding carboxylic acids is 2. The van der Waals surface area contributed by atoms with Crippen molar-refractivity contribution in [3.63, 3.8) is 0 Å². The maximum absolute atomic E-state index is 12.2. The van der Waals surface area contributed by atoms with Gasteiger partial charge in [0.2, 0.25) is 0 Å². The van der Waals surface area contributed by atoms with Gasteiger partial charge in [0, 0.05) is 33.7 Å². The van der Waals surface area contributed by atoms with E-state index in [1.807, 2.05) is 42.5 Å². The molecule has 0 aliphatic heterocycles. The van der Waals surface area contributed by atoms with Crippen LogP contribution in [0.25, 0.3) is 10.9 Å². The Morgan fingerprint density at radius 3 is 2.28 bits per heavy atom. The van der Waals surface area contributed by atoms with Crippen LogP contribution in [-0.2, 0) is 15.0 Å². The first-order valence-electron chi connectivity index (χ1n) is 11.4. The van der Waals surface area contributed by atoms with Crippen molar-refractivity contribution in [1.82, 2.24) is 10.4 Å². The summed E-state index contributed by atoms with van der Waals surface area (Å²) >= 11 is 6.06. The standard InChI is InChI=1S/C28H26ClN5O2/c1-28(2,3)19-6-4-18(5-7-19)17-31-34-27(36)26(35)33-22-11-9-21(10-12-22)32-24-14-15-30-25-16-20(29)8-13-23(24)25/h4-17H,1-3H3,(H,30,32)(H,33,35)(H,34,36)/b31-17+. The minimum absolute atomic E-state index is 0.0540. The molecule has 0 bridgehead atoms. The molecule has 3 aromatic carbocycles. The molecule has 0 radical (unpaired) electrons. The van der Waals surface area contributed by atoms with Gasteiger partial charge >= 0.3 is 11.8 Å². The van der Waals surface area contributed by atoms with Gasteiger partial charge < -0.3 is 10.6 Å². The molecule has 2 amide bonds. The maximum atomic E-state index is 12.2. The molecule has 182 valence electrons. The van der Waals surface area contributed by atoms with E-state index in [2.05, 4.69) is 46.9 Å². The van der Waals surface area contributed by atoms with Crippen LogP contribution in [0.15, 0.2) is 84.1 Å². The van der Waals surface area contributed by atoms with E-state index in [0.29, 0.717) is 10.7 Å². The maximum Gasteiger partial charge on any atom is 0.329 e. The van der Waals surface area contributed by atoms with Crippen LogP contribution in [0.5, 0.6) is 0 Å². The number of hydrogen-bond donors (Lipinski definition) is 3. The molecule has 0 atom stereocenters. The number of nitrogens with one attached hydrogen (secondary N) is 3. The molecule has 3 N–H and O–H groups in total. The molecule has 0 fully saturated rings. The molecule has 0 saturated heterocycles. The van der Waals surface area contributed by atoms with Gasteiger partial charge in [0.05, 0.1) is 11.7 Å². The SMILES string of the molecule is CC(C)(C)c1ccc(/C=N/NC(=O)C(=O)Nc2ccc(Nc3ccnc4cc(Cl)ccc34)cc2)cc1. The molecular weight excluding hydrogens is 474 g/mol. The van der Waals surface area contributed by atoms with E-state index in [1.165, 1.54) is 11.8 Å². The summed E-state index contributed by atoms with van der Waals surface area (Å²) in [5, 5.41) is 11.3. The first kappa shape index (κ1) is 24.9. The van der Waals surface area contributed by atoms with Crippen LogP contribution in [0.2, 0.25) is 5.02 Å². The second kappa shape index (κ2) is 10.6. The molecule has 1 aromatic heterocycles. The highest BCUT2D eigenvalue weighted by Gasteiger charge is 2.14. The normalized spacial score (nSPS) is 11.4. The number of pyridine rings is 1. The minimum atomic E-state index is -0.860. The number of hydrazone groups is 1. The zero-order valence-electron chi connectivity index (χ0n) is 20.2. The fraction of sp³-hybridized carbons (Fsp3) is 0.143. The summed E-state index contributed by atoms with van der Waals surface area (Å²) < 4.78 is 0. The van der Waals surface area contributed by atoms with Crippen LogP contribution in [0.1, 0.15) is 31.9 Å². The predicted molar refractivity (Wildman–Crippen MR) is 146 cm³/mol. The van der Waals surface area contributed by atoms with Crippen molar-refractivity contribution in [3.05, 3.63) is 95.1 Å². The van der Waals surface area contributed by atoms with E-state index in [9.17, 15) is 9.59 Å². The summed E-state index contributed by atoms with van der Waals surface area (Å²) in [7, 11) is 0. The van der Waals surface area contributed by atoms with E-state index in [4.69, 9.17) is 11.6 Å². The molecule has 8 heteroatoms. The number of benzene rings is 3. The summed E-state index contributed by atoms with van der Waals surface area (Å²) in [6, 6.07) is 22.3. The molecule has 0 unspecified atom stereocenters. The van der Waals surface area contributed by atoms with Crippen LogP contribution in [-0.4, -0.2) is 23.0 Å². The Bertz CT molecular complexity index is 1430. The number of anilines is 3. The van der Waals surface area contributed by atoms with Crippen molar-refractivity contribution >= 4 is 57.6 Å². The van der Waals surface area contributed by atoms with Crippen LogP contribution in [0, 0.1) is 0 Å². The van der Waals surface area contributed by atoms with Crippen LogP contribution < -0.4 is 16.1 Å². The van der Waals surface area contributed by atoms with E-state index >= 15 is 0 Å². The fourth-order valence-corrected chi connectivity index (χ4v) is 3.66. The van der Waals surface area contributed by atoms with Crippen molar-refractivity contribution in [2.75, 3.05) is 10.6 Å². The summed E-state index contributed by atoms with van der Waals surface area (Å²) in [6.45, 7) is 6.41. The van der Waals surface area contributed by atoms with Crippen molar-refractivity contribution in [1.29, 1.82) is 0 Å². The zero-order valence-corrected chi connectivity index (χ0v) is 20.9. The van der Waals surface area contributed by atoms with E-state index in [-0.39, 0.29) is 5.41 Å². The first-order chi connectivity index (χ1) is 17.2. The Kier molecular flexibility index (Phi) is 7.31. The Labute approximate surface area is 214 Å². The summed E-state index contributed by atoms with van der Waals surface area (Å²) in [6.07, 6.45) is 3.20. The molecule has 0 aliphatic carbocycles. The second-order valence-corrected chi connectivity index (χ2v) is 9.68. The second-order valence-electron chi connectivity index (χ2n) is 9.25. The number of aromatic nitrogens is 1. The highest BCUT2D eigenvalue weighted by atomic mass is 35.5. The number of nitrogens with zero attached hydrogens (tertiary/aromatic N) is 2. The average Bonchev–Trinajstić information content (AvgIpc) is 2.85. The van der Waals surface area contributed by atoms with Crippen molar-refractivity contribution in [2.24, 2.45) is 5.10 Å². The highest BCUT2D eigenvalue weighted by molar-refractivity contribution is 6.39. The van der Waals surface area contributed by atoms with Gasteiger partial charge in [-0.2, -0.15) is 5.10 Å². The number of fused-ring (bicyclic) bond motifs is 1. The molecule has 7 nitrogen and oxygen atoms in total. The molecule has 0 spiro atoms. The average molecular weight is 500 g/mol. The molecule has 0 aliphatic rings. The van der Waals surface area contributed by atoms with Gasteiger partial charge in [-0.3, -0.25) is 14.6 Å². The van der Waals surface area contributed by atoms with Crippen LogP contribution in [0.3, 0.4) is 0 Å². The fourth-order valence-electron chi connectivity index (χ4n) is 3.50. The molecular formula is C28H26ClN5O2. The third-order valence-corrected chi connectivity index (χ3v) is 5.72. The number of rotatable bonds is 5. The highest BCUT2D eigenvalue weighted by Crippen LogP contribution is 2.27. The predicted octanol–water partition coefficient (Wildman–Crippen LogP) is 6.02. The molecule has 4 aromatic rings. The molecule has 1 heterocycles. The smallest absolute Gasteiger partial charge is 0.329 e. The monoisotopic (exact) mass is 499 g/mol. The van der Waals surface area contributed by atoms with Gasteiger partial charge in [-0.15, -0.1) is 0 Å². The molecule has 0 saturated carbocycles. The number of halogens is 1. The lowest BCUT2D eigenvalue weighted by atomic mass is 9.87. The lowest BCUT2D eigenvalue weighted by molar-refractivity contribution is -0.136. The van der Waals surface area contributed by atoms with Gasteiger partial charge in [-0.1, -0.05) is 56.6 Å². The van der Waals surface area contributed by atoms with Crippen LogP contribution in [0.4, 0.5) is 17.1 Å². The Hall–Kier alpha value is -4.23. The quantitative estimate of drug-likeness (QED) is 0.178. The molecule has 4 rings (SSSR count). The van der Waals surface area contributed by atoms with Gasteiger partial charge in [-0.05, 0) is 65.1 Å². The summed E-state index contributed by atoms with van der Waals surface area (Å²) in [4.78, 5) is 28.7. The Morgan fingerprint density at radius 2 is 1.58 bits per heavy atom. The van der Waals surface area contributed by atoms with Gasteiger partial charge in [0.1, 0.15) is 0 Å². The largest absolute Gasteiger partial charge is 0.355 e. The van der Waals surface area contributed by atoms with Crippen molar-refractivity contribution in [2.45, 2.75) is 26.2 Å².